The van der Waals surface area contributed by atoms with Gasteiger partial charge in [-0.15, -0.1) is 0 Å². The van der Waals surface area contributed by atoms with Crippen LogP contribution in [0.15, 0.2) is 30.5 Å². The van der Waals surface area contributed by atoms with Gasteiger partial charge in [-0.2, -0.15) is 0 Å². The van der Waals surface area contributed by atoms with Crippen LogP contribution in [0.25, 0.3) is 11.3 Å². The Kier molecular flexibility index (Phi) is 4.15. The Balaban J connectivity index is 2.12. The summed E-state index contributed by atoms with van der Waals surface area (Å²) in [6.45, 7) is 5.10. The molecule has 0 saturated heterocycles. The molecule has 96 valence electrons. The van der Waals surface area contributed by atoms with Crippen molar-refractivity contribution in [3.63, 3.8) is 0 Å². The van der Waals surface area contributed by atoms with Crippen molar-refractivity contribution in [2.45, 2.75) is 26.7 Å². The highest BCUT2D eigenvalue weighted by Crippen LogP contribution is 2.19. The van der Waals surface area contributed by atoms with E-state index in [1.807, 2.05) is 6.20 Å². The van der Waals surface area contributed by atoms with E-state index >= 15 is 0 Å². The fourth-order valence-electron chi connectivity index (χ4n) is 2.06. The molecular weight excluding hydrogens is 222 g/mol. The van der Waals surface area contributed by atoms with Gasteiger partial charge in [0.25, 0.3) is 0 Å². The van der Waals surface area contributed by atoms with E-state index in [0.717, 1.165) is 24.4 Å². The molecule has 0 spiro atoms. The predicted molar refractivity (Wildman–Crippen MR) is 75.3 cm³/mol. The van der Waals surface area contributed by atoms with Crippen molar-refractivity contribution in [1.29, 1.82) is 0 Å². The molecule has 3 N–H and O–H groups in total. The molecule has 0 amide bonds. The average Bonchev–Trinajstić information content (AvgIpc) is 2.78. The van der Waals surface area contributed by atoms with Crippen LogP contribution in [-0.2, 0) is 12.8 Å². The molecule has 0 atom stereocenters. The largest absolute Gasteiger partial charge is 0.342 e. The number of benzene rings is 1. The maximum absolute atomic E-state index is 5.51. The quantitative estimate of drug-likeness (QED) is 0.848. The van der Waals surface area contributed by atoms with E-state index < -0.39 is 0 Å². The van der Waals surface area contributed by atoms with E-state index in [1.165, 1.54) is 11.1 Å². The third-order valence-corrected chi connectivity index (χ3v) is 2.92. The number of H-pyrrole nitrogens is 1. The SMILES string of the molecule is CC(C)Cc1ccc(-c2cnc(CCN)[nH]2)cc1. The molecule has 1 heterocycles. The zero-order chi connectivity index (χ0) is 13.0. The highest BCUT2D eigenvalue weighted by atomic mass is 14.9. The smallest absolute Gasteiger partial charge is 0.107 e. The molecule has 0 unspecified atom stereocenters. The zero-order valence-electron chi connectivity index (χ0n) is 11.1. The van der Waals surface area contributed by atoms with Crippen LogP contribution in [0, 0.1) is 5.92 Å². The molecule has 0 aliphatic heterocycles. The molecule has 0 aliphatic carbocycles. The maximum Gasteiger partial charge on any atom is 0.107 e. The molecule has 1 aromatic heterocycles. The molecule has 0 saturated carbocycles. The van der Waals surface area contributed by atoms with Gasteiger partial charge >= 0.3 is 0 Å². The normalized spacial score (nSPS) is 11.1. The summed E-state index contributed by atoms with van der Waals surface area (Å²) in [7, 11) is 0. The monoisotopic (exact) mass is 243 g/mol. The first-order valence-electron chi connectivity index (χ1n) is 6.52. The Bertz CT molecular complexity index is 483. The Hall–Kier alpha value is -1.61. The topological polar surface area (TPSA) is 54.7 Å². The molecule has 2 aromatic rings. The second-order valence-corrected chi connectivity index (χ2v) is 5.08. The van der Waals surface area contributed by atoms with Crippen LogP contribution in [0.4, 0.5) is 0 Å². The summed E-state index contributed by atoms with van der Waals surface area (Å²) in [6, 6.07) is 8.69. The Morgan fingerprint density at radius 2 is 1.94 bits per heavy atom. The van der Waals surface area contributed by atoms with E-state index in [1.54, 1.807) is 0 Å². The standard InChI is InChI=1S/C15H21N3/c1-11(2)9-12-3-5-13(6-4-12)14-10-17-15(18-14)7-8-16/h3-6,10-11H,7-9,16H2,1-2H3,(H,17,18). The van der Waals surface area contributed by atoms with Crippen molar-refractivity contribution >= 4 is 0 Å². The minimum atomic E-state index is 0.625. The number of nitrogens with one attached hydrogen (secondary N) is 1. The summed E-state index contributed by atoms with van der Waals surface area (Å²) in [5.41, 5.74) is 9.14. The summed E-state index contributed by atoms with van der Waals surface area (Å²) in [6.07, 6.45) is 3.80. The lowest BCUT2D eigenvalue weighted by molar-refractivity contribution is 0.647. The van der Waals surface area contributed by atoms with Gasteiger partial charge in [0, 0.05) is 6.42 Å². The van der Waals surface area contributed by atoms with E-state index in [4.69, 9.17) is 5.73 Å². The van der Waals surface area contributed by atoms with Gasteiger partial charge in [-0.25, -0.2) is 4.98 Å². The number of nitrogens with two attached hydrogens (primary N) is 1. The number of rotatable bonds is 5. The third kappa shape index (κ3) is 3.20. The van der Waals surface area contributed by atoms with Gasteiger partial charge in [0.2, 0.25) is 0 Å². The van der Waals surface area contributed by atoms with E-state index in [-0.39, 0.29) is 0 Å². The number of imidazole rings is 1. The molecule has 18 heavy (non-hydrogen) atoms. The van der Waals surface area contributed by atoms with Crippen molar-refractivity contribution < 1.29 is 0 Å². The molecule has 3 nitrogen and oxygen atoms in total. The third-order valence-electron chi connectivity index (χ3n) is 2.92. The summed E-state index contributed by atoms with van der Waals surface area (Å²) in [5.74, 6) is 1.65. The lowest BCUT2D eigenvalue weighted by Crippen LogP contribution is -2.03. The lowest BCUT2D eigenvalue weighted by Gasteiger charge is -2.05. The van der Waals surface area contributed by atoms with Crippen molar-refractivity contribution in [2.24, 2.45) is 11.7 Å². The van der Waals surface area contributed by atoms with Crippen LogP contribution in [0.1, 0.15) is 25.2 Å². The van der Waals surface area contributed by atoms with Crippen LogP contribution < -0.4 is 5.73 Å². The van der Waals surface area contributed by atoms with Crippen LogP contribution in [0.3, 0.4) is 0 Å². The Morgan fingerprint density at radius 1 is 1.22 bits per heavy atom. The van der Waals surface area contributed by atoms with Gasteiger partial charge < -0.3 is 10.7 Å². The maximum atomic E-state index is 5.51. The van der Waals surface area contributed by atoms with Crippen LogP contribution in [-0.4, -0.2) is 16.5 Å². The van der Waals surface area contributed by atoms with Crippen LogP contribution in [0.5, 0.6) is 0 Å². The van der Waals surface area contributed by atoms with E-state index in [2.05, 4.69) is 48.1 Å². The second-order valence-electron chi connectivity index (χ2n) is 5.08. The van der Waals surface area contributed by atoms with Crippen LogP contribution in [0.2, 0.25) is 0 Å². The van der Waals surface area contributed by atoms with Crippen LogP contribution >= 0.6 is 0 Å². The minimum absolute atomic E-state index is 0.625. The van der Waals surface area contributed by atoms with Crippen molar-refractivity contribution in [2.75, 3.05) is 6.54 Å². The number of hydrogen-bond donors (Lipinski definition) is 2. The van der Waals surface area contributed by atoms with Gasteiger partial charge in [0.1, 0.15) is 5.82 Å². The first-order valence-corrected chi connectivity index (χ1v) is 6.52. The molecule has 0 radical (unpaired) electrons. The Labute approximate surface area is 108 Å². The minimum Gasteiger partial charge on any atom is -0.342 e. The molecular formula is C15H21N3. The Morgan fingerprint density at radius 3 is 2.56 bits per heavy atom. The fraction of sp³-hybridized carbons (Fsp3) is 0.400. The van der Waals surface area contributed by atoms with Gasteiger partial charge in [0.05, 0.1) is 11.9 Å². The molecule has 1 aromatic carbocycles. The number of hydrogen-bond acceptors (Lipinski definition) is 2. The average molecular weight is 243 g/mol. The predicted octanol–water partition coefficient (Wildman–Crippen LogP) is 2.78. The second kappa shape index (κ2) is 5.83. The molecule has 2 rings (SSSR count). The summed E-state index contributed by atoms with van der Waals surface area (Å²) >= 11 is 0. The van der Waals surface area contributed by atoms with E-state index in [0.29, 0.717) is 12.5 Å². The van der Waals surface area contributed by atoms with Crippen molar-refractivity contribution in [3.8, 4) is 11.3 Å². The highest BCUT2D eigenvalue weighted by Gasteiger charge is 2.03. The number of aromatic nitrogens is 2. The van der Waals surface area contributed by atoms with Crippen molar-refractivity contribution in [1.82, 2.24) is 9.97 Å². The highest BCUT2D eigenvalue weighted by molar-refractivity contribution is 5.58. The summed E-state index contributed by atoms with van der Waals surface area (Å²) < 4.78 is 0. The number of aromatic amines is 1. The molecule has 0 bridgehead atoms. The van der Waals surface area contributed by atoms with Crippen molar-refractivity contribution in [3.05, 3.63) is 41.9 Å². The molecule has 3 heteroatoms. The molecule has 0 fully saturated rings. The summed E-state index contributed by atoms with van der Waals surface area (Å²) in [4.78, 5) is 7.62. The summed E-state index contributed by atoms with van der Waals surface area (Å²) in [5, 5.41) is 0. The number of nitrogens with zero attached hydrogens (tertiary/aromatic N) is 1. The lowest BCUT2D eigenvalue weighted by atomic mass is 10.0. The van der Waals surface area contributed by atoms with Gasteiger partial charge in [-0.1, -0.05) is 38.1 Å². The van der Waals surface area contributed by atoms with Gasteiger partial charge in [0.15, 0.2) is 0 Å². The first kappa shape index (κ1) is 12.8. The zero-order valence-corrected chi connectivity index (χ0v) is 11.1. The first-order chi connectivity index (χ1) is 8.69. The van der Waals surface area contributed by atoms with Gasteiger partial charge in [-0.3, -0.25) is 0 Å². The van der Waals surface area contributed by atoms with Gasteiger partial charge in [-0.05, 0) is 30.0 Å². The van der Waals surface area contributed by atoms with E-state index in [9.17, 15) is 0 Å². The molecule has 0 aliphatic rings. The fourth-order valence-corrected chi connectivity index (χ4v) is 2.06.